The van der Waals surface area contributed by atoms with E-state index < -0.39 is 12.6 Å². The fourth-order valence-corrected chi connectivity index (χ4v) is 2.89. The first kappa shape index (κ1) is 14.3. The molecule has 1 N–H and O–H groups in total. The summed E-state index contributed by atoms with van der Waals surface area (Å²) in [4.78, 5) is 36.5. The van der Waals surface area contributed by atoms with Crippen LogP contribution >= 0.6 is 0 Å². The summed E-state index contributed by atoms with van der Waals surface area (Å²) in [7, 11) is 0. The van der Waals surface area contributed by atoms with Gasteiger partial charge in [-0.2, -0.15) is 0 Å². The molecule has 3 rings (SSSR count). The maximum Gasteiger partial charge on any atom is 0.341 e. The summed E-state index contributed by atoms with van der Waals surface area (Å²) in [5.41, 5.74) is 0.493. The van der Waals surface area contributed by atoms with E-state index in [2.05, 4.69) is 0 Å². The summed E-state index contributed by atoms with van der Waals surface area (Å²) < 4.78 is 5.04. The van der Waals surface area contributed by atoms with Gasteiger partial charge in [0.2, 0.25) is 11.8 Å². The molecule has 0 radical (unpaired) electrons. The number of hydrogen-bond acceptors (Lipinski definition) is 4. The van der Waals surface area contributed by atoms with Crippen molar-refractivity contribution in [2.24, 2.45) is 11.8 Å². The summed E-state index contributed by atoms with van der Waals surface area (Å²) in [6, 6.07) is 6.30. The predicted octanol–water partition coefficient (Wildman–Crippen LogP) is 1.61. The van der Waals surface area contributed by atoms with Crippen LogP contribution in [0.25, 0.3) is 0 Å². The van der Waals surface area contributed by atoms with E-state index in [-0.39, 0.29) is 23.7 Å². The Hall–Kier alpha value is -2.63. The van der Waals surface area contributed by atoms with Crippen molar-refractivity contribution in [2.75, 3.05) is 11.5 Å². The number of amides is 2. The average Bonchev–Trinajstić information content (AvgIpc) is 2.78. The third-order valence-electron chi connectivity index (χ3n) is 3.96. The van der Waals surface area contributed by atoms with Gasteiger partial charge in [0, 0.05) is 0 Å². The van der Waals surface area contributed by atoms with Gasteiger partial charge in [-0.1, -0.05) is 12.2 Å². The number of nitrogens with zero attached hydrogens (tertiary/aromatic N) is 1. The molecule has 0 spiro atoms. The van der Waals surface area contributed by atoms with Gasteiger partial charge in [0.15, 0.2) is 6.61 Å². The van der Waals surface area contributed by atoms with Crippen molar-refractivity contribution >= 4 is 23.5 Å². The van der Waals surface area contributed by atoms with Crippen molar-refractivity contribution in [2.45, 2.75) is 12.8 Å². The number of anilines is 1. The van der Waals surface area contributed by atoms with Crippen LogP contribution < -0.4 is 9.64 Å². The van der Waals surface area contributed by atoms with E-state index in [1.165, 1.54) is 4.90 Å². The lowest BCUT2D eigenvalue weighted by molar-refractivity contribution is -0.139. The van der Waals surface area contributed by atoms with Gasteiger partial charge in [-0.3, -0.25) is 14.5 Å². The minimum atomic E-state index is -1.06. The first-order chi connectivity index (χ1) is 10.6. The molecule has 1 saturated heterocycles. The Morgan fingerprint density at radius 3 is 2.14 bits per heavy atom. The third-order valence-corrected chi connectivity index (χ3v) is 3.96. The largest absolute Gasteiger partial charge is 0.482 e. The number of carbonyl (C=O) groups excluding carboxylic acids is 2. The number of aliphatic carboxylic acids is 1. The van der Waals surface area contributed by atoms with Gasteiger partial charge in [0.1, 0.15) is 5.75 Å². The lowest BCUT2D eigenvalue weighted by atomic mass is 9.85. The van der Waals surface area contributed by atoms with Crippen LogP contribution in [0.3, 0.4) is 0 Å². The molecule has 2 atom stereocenters. The SMILES string of the molecule is O=C(O)COc1ccc(N2C(=O)C3CC=CCC3C2=O)cc1. The molecular formula is C16H15NO5. The van der Waals surface area contributed by atoms with Gasteiger partial charge >= 0.3 is 5.97 Å². The van der Waals surface area contributed by atoms with E-state index in [0.717, 1.165) is 0 Å². The van der Waals surface area contributed by atoms with Crippen molar-refractivity contribution in [3.8, 4) is 5.75 Å². The summed E-state index contributed by atoms with van der Waals surface area (Å²) in [5, 5.41) is 8.56. The fourth-order valence-electron chi connectivity index (χ4n) is 2.89. The highest BCUT2D eigenvalue weighted by Crippen LogP contribution is 2.37. The molecule has 1 aliphatic carbocycles. The molecule has 22 heavy (non-hydrogen) atoms. The molecule has 6 nitrogen and oxygen atoms in total. The highest BCUT2D eigenvalue weighted by molar-refractivity contribution is 6.22. The lowest BCUT2D eigenvalue weighted by Gasteiger charge is -2.15. The molecule has 2 unspecified atom stereocenters. The molecule has 1 aromatic rings. The topological polar surface area (TPSA) is 83.9 Å². The highest BCUT2D eigenvalue weighted by Gasteiger charge is 2.47. The van der Waals surface area contributed by atoms with Crippen LogP contribution in [0.15, 0.2) is 36.4 Å². The Bertz CT molecular complexity index is 623. The highest BCUT2D eigenvalue weighted by atomic mass is 16.5. The van der Waals surface area contributed by atoms with Gasteiger partial charge in [-0.15, -0.1) is 0 Å². The maximum absolute atomic E-state index is 12.4. The molecule has 6 heteroatoms. The second-order valence-corrected chi connectivity index (χ2v) is 5.34. The number of carboxylic acid groups (broad SMARTS) is 1. The normalized spacial score (nSPS) is 23.5. The van der Waals surface area contributed by atoms with Crippen LogP contribution in [0.5, 0.6) is 5.75 Å². The predicted molar refractivity (Wildman–Crippen MR) is 77.4 cm³/mol. The molecule has 2 aliphatic rings. The van der Waals surface area contributed by atoms with E-state index in [9.17, 15) is 14.4 Å². The van der Waals surface area contributed by atoms with Crippen molar-refractivity contribution in [1.29, 1.82) is 0 Å². The molecule has 1 aliphatic heterocycles. The number of ether oxygens (including phenoxy) is 1. The van der Waals surface area contributed by atoms with Gasteiger partial charge < -0.3 is 9.84 Å². The van der Waals surface area contributed by atoms with Crippen molar-refractivity contribution < 1.29 is 24.2 Å². The van der Waals surface area contributed by atoms with E-state index >= 15 is 0 Å². The van der Waals surface area contributed by atoms with Crippen LogP contribution in [0.1, 0.15) is 12.8 Å². The molecule has 2 amide bonds. The van der Waals surface area contributed by atoms with E-state index in [0.29, 0.717) is 24.3 Å². The maximum atomic E-state index is 12.4. The van der Waals surface area contributed by atoms with Crippen LogP contribution in [-0.4, -0.2) is 29.5 Å². The molecule has 114 valence electrons. The summed E-state index contributed by atoms with van der Waals surface area (Å²) >= 11 is 0. The van der Waals surface area contributed by atoms with E-state index in [1.807, 2.05) is 12.2 Å². The number of carboxylic acids is 1. The zero-order valence-corrected chi connectivity index (χ0v) is 11.8. The van der Waals surface area contributed by atoms with Gasteiger partial charge in [-0.05, 0) is 37.1 Å². The summed E-state index contributed by atoms with van der Waals surface area (Å²) in [6.07, 6.45) is 5.09. The van der Waals surface area contributed by atoms with E-state index in [1.54, 1.807) is 24.3 Å². The molecule has 1 heterocycles. The fraction of sp³-hybridized carbons (Fsp3) is 0.312. The second kappa shape index (κ2) is 5.63. The molecule has 0 aromatic heterocycles. The third kappa shape index (κ3) is 2.47. The average molecular weight is 301 g/mol. The Morgan fingerprint density at radius 2 is 1.64 bits per heavy atom. The van der Waals surface area contributed by atoms with Crippen LogP contribution in [-0.2, 0) is 14.4 Å². The Kier molecular flexibility index (Phi) is 3.66. The van der Waals surface area contributed by atoms with Crippen LogP contribution in [0.2, 0.25) is 0 Å². The number of fused-ring (bicyclic) bond motifs is 1. The Morgan fingerprint density at radius 1 is 1.09 bits per heavy atom. The van der Waals surface area contributed by atoms with Gasteiger partial charge in [0.25, 0.3) is 0 Å². The first-order valence-electron chi connectivity index (χ1n) is 7.05. The summed E-state index contributed by atoms with van der Waals surface area (Å²) in [6.45, 7) is -0.434. The van der Waals surface area contributed by atoms with Crippen molar-refractivity contribution in [1.82, 2.24) is 0 Å². The minimum Gasteiger partial charge on any atom is -0.482 e. The van der Waals surface area contributed by atoms with Crippen molar-refractivity contribution in [3.05, 3.63) is 36.4 Å². The van der Waals surface area contributed by atoms with Crippen LogP contribution in [0.4, 0.5) is 5.69 Å². The van der Waals surface area contributed by atoms with E-state index in [4.69, 9.17) is 9.84 Å². The minimum absolute atomic E-state index is 0.168. The molecule has 1 aromatic carbocycles. The van der Waals surface area contributed by atoms with Crippen LogP contribution in [0, 0.1) is 11.8 Å². The Balaban J connectivity index is 1.78. The number of hydrogen-bond donors (Lipinski definition) is 1. The smallest absolute Gasteiger partial charge is 0.341 e. The number of carbonyl (C=O) groups is 3. The standard InChI is InChI=1S/C16H15NO5/c18-14(19)9-22-11-7-5-10(6-8-11)17-15(20)12-3-1-2-4-13(12)16(17)21/h1-2,5-8,12-13H,3-4,9H2,(H,18,19). The molecular weight excluding hydrogens is 286 g/mol. The van der Waals surface area contributed by atoms with Gasteiger partial charge in [0.05, 0.1) is 17.5 Å². The monoisotopic (exact) mass is 301 g/mol. The van der Waals surface area contributed by atoms with Crippen molar-refractivity contribution in [3.63, 3.8) is 0 Å². The lowest BCUT2D eigenvalue weighted by Crippen LogP contribution is -2.30. The Labute approximate surface area is 127 Å². The first-order valence-corrected chi connectivity index (χ1v) is 7.05. The molecule has 0 saturated carbocycles. The number of benzene rings is 1. The number of imide groups is 1. The zero-order chi connectivity index (χ0) is 15.7. The zero-order valence-electron chi connectivity index (χ0n) is 11.8. The molecule has 1 fully saturated rings. The quantitative estimate of drug-likeness (QED) is 0.674. The van der Waals surface area contributed by atoms with Gasteiger partial charge in [-0.25, -0.2) is 4.79 Å². The number of allylic oxidation sites excluding steroid dienone is 2. The number of rotatable bonds is 4. The summed E-state index contributed by atoms with van der Waals surface area (Å²) in [5.74, 6) is -1.55. The molecule has 0 bridgehead atoms. The second-order valence-electron chi connectivity index (χ2n) is 5.34.